The van der Waals surface area contributed by atoms with Crippen molar-refractivity contribution in [2.45, 2.75) is 43.8 Å². The number of benzene rings is 1. The highest BCUT2D eigenvalue weighted by molar-refractivity contribution is 7.80. The lowest BCUT2D eigenvalue weighted by Crippen LogP contribution is -2.31. The number of aromatic nitrogens is 2. The Hall–Kier alpha value is -3.06. The fourth-order valence-electron chi connectivity index (χ4n) is 5.07. The van der Waals surface area contributed by atoms with Crippen molar-refractivity contribution < 1.29 is 9.47 Å². The van der Waals surface area contributed by atoms with Crippen LogP contribution < -0.4 is 19.7 Å². The van der Waals surface area contributed by atoms with Crippen molar-refractivity contribution in [3.63, 3.8) is 0 Å². The lowest BCUT2D eigenvalue weighted by atomic mass is 10.00. The zero-order chi connectivity index (χ0) is 22.1. The maximum Gasteiger partial charge on any atom is 0.174 e. The van der Waals surface area contributed by atoms with Crippen LogP contribution in [0, 0.1) is 0 Å². The third-order valence-electron chi connectivity index (χ3n) is 6.58. The summed E-state index contributed by atoms with van der Waals surface area (Å²) in [5.41, 5.74) is 3.11. The molecule has 0 bridgehead atoms. The average molecular weight is 449 g/mol. The molecule has 7 heteroatoms. The van der Waals surface area contributed by atoms with Gasteiger partial charge in [-0.3, -0.25) is 4.98 Å². The van der Waals surface area contributed by atoms with Crippen LogP contribution in [0.2, 0.25) is 0 Å². The van der Waals surface area contributed by atoms with Crippen LogP contribution in [0.15, 0.2) is 60.9 Å². The minimum Gasteiger partial charge on any atom is -0.497 e. The SMILES string of the molecule is COc1ccc(N2C(=S)NC(c3ccccn3)C2c2cccn2C2CCCC2)c(OC)c1. The molecule has 1 aromatic carbocycles. The molecule has 2 atom stereocenters. The molecule has 0 spiro atoms. The Labute approximate surface area is 194 Å². The van der Waals surface area contributed by atoms with Crippen molar-refractivity contribution in [3.05, 3.63) is 72.3 Å². The van der Waals surface area contributed by atoms with Gasteiger partial charge in [0.15, 0.2) is 5.11 Å². The first kappa shape index (κ1) is 20.8. The summed E-state index contributed by atoms with van der Waals surface area (Å²) in [6, 6.07) is 16.6. The molecule has 5 rings (SSSR count). The van der Waals surface area contributed by atoms with Gasteiger partial charge in [0, 0.05) is 30.2 Å². The van der Waals surface area contributed by atoms with Gasteiger partial charge in [-0.1, -0.05) is 18.9 Å². The van der Waals surface area contributed by atoms with Crippen molar-refractivity contribution in [2.75, 3.05) is 19.1 Å². The van der Waals surface area contributed by atoms with E-state index in [1.54, 1.807) is 14.2 Å². The smallest absolute Gasteiger partial charge is 0.174 e. The second kappa shape index (κ2) is 8.82. The second-order valence-electron chi connectivity index (χ2n) is 8.31. The van der Waals surface area contributed by atoms with Crippen LogP contribution in [0.5, 0.6) is 11.5 Å². The number of rotatable bonds is 6. The third-order valence-corrected chi connectivity index (χ3v) is 6.89. The lowest BCUT2D eigenvalue weighted by molar-refractivity contribution is 0.393. The van der Waals surface area contributed by atoms with E-state index >= 15 is 0 Å². The summed E-state index contributed by atoms with van der Waals surface area (Å²) < 4.78 is 13.6. The van der Waals surface area contributed by atoms with E-state index in [0.717, 1.165) is 22.9 Å². The molecule has 166 valence electrons. The van der Waals surface area contributed by atoms with Crippen molar-refractivity contribution in [1.82, 2.24) is 14.9 Å². The van der Waals surface area contributed by atoms with E-state index in [1.807, 2.05) is 36.5 Å². The summed E-state index contributed by atoms with van der Waals surface area (Å²) in [7, 11) is 3.34. The van der Waals surface area contributed by atoms with Crippen LogP contribution in [0.1, 0.15) is 55.2 Å². The topological polar surface area (TPSA) is 51.5 Å². The molecule has 2 aromatic heterocycles. The molecule has 32 heavy (non-hydrogen) atoms. The molecule has 1 saturated heterocycles. The minimum atomic E-state index is -0.0782. The predicted molar refractivity (Wildman–Crippen MR) is 129 cm³/mol. The van der Waals surface area contributed by atoms with Gasteiger partial charge in [-0.25, -0.2) is 0 Å². The summed E-state index contributed by atoms with van der Waals surface area (Å²) >= 11 is 5.89. The lowest BCUT2D eigenvalue weighted by Gasteiger charge is -2.31. The number of methoxy groups -OCH3 is 2. The van der Waals surface area contributed by atoms with E-state index in [9.17, 15) is 0 Å². The number of anilines is 1. The molecule has 1 N–H and O–H groups in total. The van der Waals surface area contributed by atoms with Crippen molar-refractivity contribution in [3.8, 4) is 11.5 Å². The molecule has 1 aliphatic carbocycles. The number of thiocarbonyl (C=S) groups is 1. The maximum atomic E-state index is 5.89. The van der Waals surface area contributed by atoms with Crippen LogP contribution in [0.25, 0.3) is 0 Å². The Balaban J connectivity index is 1.65. The van der Waals surface area contributed by atoms with Gasteiger partial charge in [0.05, 0.1) is 31.6 Å². The van der Waals surface area contributed by atoms with Gasteiger partial charge in [0.2, 0.25) is 0 Å². The van der Waals surface area contributed by atoms with Crippen LogP contribution in [-0.4, -0.2) is 28.9 Å². The minimum absolute atomic E-state index is 0.0599. The largest absolute Gasteiger partial charge is 0.497 e. The normalized spacial score (nSPS) is 21.1. The molecular formula is C25H28N4O2S. The molecule has 2 fully saturated rings. The predicted octanol–water partition coefficient (Wildman–Crippen LogP) is 5.19. The highest BCUT2D eigenvalue weighted by atomic mass is 32.1. The Morgan fingerprint density at radius 2 is 1.88 bits per heavy atom. The van der Waals surface area contributed by atoms with Crippen molar-refractivity contribution >= 4 is 23.0 Å². The number of hydrogen-bond donors (Lipinski definition) is 1. The van der Waals surface area contributed by atoms with Crippen LogP contribution in [0.4, 0.5) is 5.69 Å². The summed E-state index contributed by atoms with van der Waals surface area (Å²) in [6.45, 7) is 0. The van der Waals surface area contributed by atoms with E-state index in [4.69, 9.17) is 21.7 Å². The van der Waals surface area contributed by atoms with Gasteiger partial charge in [0.25, 0.3) is 0 Å². The standard InChI is InChI=1S/C25H28N4O2S/c1-30-18-12-13-20(22(16-18)31-2)29-24(21-11-7-15-28(21)17-8-3-4-9-17)23(27-25(29)32)19-10-5-6-14-26-19/h5-7,10-17,23-24H,3-4,8-9H2,1-2H3,(H,27,32). The van der Waals surface area contributed by atoms with E-state index in [-0.39, 0.29) is 12.1 Å². The van der Waals surface area contributed by atoms with Crippen LogP contribution in [0.3, 0.4) is 0 Å². The Morgan fingerprint density at radius 1 is 1.03 bits per heavy atom. The maximum absolute atomic E-state index is 5.89. The second-order valence-corrected chi connectivity index (χ2v) is 8.70. The fourth-order valence-corrected chi connectivity index (χ4v) is 5.41. The summed E-state index contributed by atoms with van der Waals surface area (Å²) in [5.74, 6) is 1.47. The van der Waals surface area contributed by atoms with Crippen molar-refractivity contribution in [1.29, 1.82) is 0 Å². The number of nitrogens with one attached hydrogen (secondary N) is 1. The number of nitrogens with zero attached hydrogens (tertiary/aromatic N) is 3. The number of ether oxygens (including phenoxy) is 2. The first-order valence-corrected chi connectivity index (χ1v) is 11.5. The Kier molecular flexibility index (Phi) is 5.74. The molecule has 0 radical (unpaired) electrons. The zero-order valence-corrected chi connectivity index (χ0v) is 19.2. The van der Waals surface area contributed by atoms with Gasteiger partial charge < -0.3 is 24.3 Å². The average Bonchev–Trinajstić information content (AvgIpc) is 3.58. The molecule has 3 aromatic rings. The quantitative estimate of drug-likeness (QED) is 0.524. The summed E-state index contributed by atoms with van der Waals surface area (Å²) in [5, 5.41) is 4.21. The van der Waals surface area contributed by atoms with Gasteiger partial charge in [-0.15, -0.1) is 0 Å². The molecule has 6 nitrogen and oxygen atoms in total. The van der Waals surface area contributed by atoms with E-state index in [2.05, 4.69) is 44.2 Å². The third kappa shape index (κ3) is 3.60. The molecule has 3 heterocycles. The molecule has 1 saturated carbocycles. The molecule has 0 amide bonds. The van der Waals surface area contributed by atoms with Crippen molar-refractivity contribution in [2.24, 2.45) is 0 Å². The highest BCUT2D eigenvalue weighted by Crippen LogP contribution is 2.46. The number of pyridine rings is 1. The molecule has 2 aliphatic rings. The van der Waals surface area contributed by atoms with Gasteiger partial charge in [0.1, 0.15) is 17.5 Å². The van der Waals surface area contributed by atoms with Crippen LogP contribution >= 0.6 is 12.2 Å². The first-order chi connectivity index (χ1) is 15.7. The Bertz CT molecular complexity index is 1090. The van der Waals surface area contributed by atoms with Crippen LogP contribution in [-0.2, 0) is 0 Å². The van der Waals surface area contributed by atoms with E-state index in [0.29, 0.717) is 11.2 Å². The van der Waals surface area contributed by atoms with E-state index < -0.39 is 0 Å². The Morgan fingerprint density at radius 3 is 2.59 bits per heavy atom. The van der Waals surface area contributed by atoms with E-state index in [1.165, 1.54) is 31.4 Å². The number of hydrogen-bond acceptors (Lipinski definition) is 4. The fraction of sp³-hybridized carbons (Fsp3) is 0.360. The molecular weight excluding hydrogens is 420 g/mol. The molecule has 2 unspecified atom stereocenters. The monoisotopic (exact) mass is 448 g/mol. The van der Waals surface area contributed by atoms with Gasteiger partial charge in [-0.2, -0.15) is 0 Å². The zero-order valence-electron chi connectivity index (χ0n) is 18.4. The summed E-state index contributed by atoms with van der Waals surface area (Å²) in [4.78, 5) is 6.85. The highest BCUT2D eigenvalue weighted by Gasteiger charge is 2.43. The molecule has 1 aliphatic heterocycles. The van der Waals surface area contributed by atoms with Gasteiger partial charge in [-0.05, 0) is 61.5 Å². The first-order valence-electron chi connectivity index (χ1n) is 11.1. The summed E-state index contributed by atoms with van der Waals surface area (Å²) in [6.07, 6.45) is 9.04. The van der Waals surface area contributed by atoms with Gasteiger partial charge >= 0.3 is 0 Å².